The SMILES string of the molecule is COc1ccc(C(C)NC(=O)C2CC(=O)N(Cc3ccc(C)cc3)C2)cc1OC. The summed E-state index contributed by atoms with van der Waals surface area (Å²) >= 11 is 0. The van der Waals surface area contributed by atoms with Gasteiger partial charge in [0, 0.05) is 19.5 Å². The molecule has 1 saturated heterocycles. The van der Waals surface area contributed by atoms with Gasteiger partial charge in [-0.15, -0.1) is 0 Å². The summed E-state index contributed by atoms with van der Waals surface area (Å²) in [5.41, 5.74) is 3.17. The molecule has 3 rings (SSSR count). The average Bonchev–Trinajstić information content (AvgIpc) is 3.09. The molecule has 0 aliphatic carbocycles. The number of rotatable bonds is 7. The summed E-state index contributed by atoms with van der Waals surface area (Å²) in [5.74, 6) is 0.835. The quantitative estimate of drug-likeness (QED) is 0.780. The van der Waals surface area contributed by atoms with Gasteiger partial charge in [0.05, 0.1) is 26.2 Å². The van der Waals surface area contributed by atoms with E-state index in [0.29, 0.717) is 24.6 Å². The molecule has 2 unspecified atom stereocenters. The Hall–Kier alpha value is -3.02. The van der Waals surface area contributed by atoms with Crippen LogP contribution in [0.5, 0.6) is 11.5 Å². The number of nitrogens with one attached hydrogen (secondary N) is 1. The fraction of sp³-hybridized carbons (Fsp3) is 0.391. The first-order chi connectivity index (χ1) is 13.9. The van der Waals surface area contributed by atoms with Crippen molar-refractivity contribution in [2.45, 2.75) is 32.9 Å². The van der Waals surface area contributed by atoms with Gasteiger partial charge in [-0.1, -0.05) is 35.9 Å². The van der Waals surface area contributed by atoms with Gasteiger partial charge in [0.25, 0.3) is 0 Å². The molecule has 0 aromatic heterocycles. The van der Waals surface area contributed by atoms with Crippen LogP contribution >= 0.6 is 0 Å². The van der Waals surface area contributed by atoms with E-state index in [4.69, 9.17) is 9.47 Å². The Bertz CT molecular complexity index is 879. The number of likely N-dealkylation sites (tertiary alicyclic amines) is 1. The Morgan fingerprint density at radius 1 is 1.14 bits per heavy atom. The number of amides is 2. The highest BCUT2D eigenvalue weighted by Gasteiger charge is 2.34. The standard InChI is InChI=1S/C23H28N2O4/c1-15-5-7-17(8-6-15)13-25-14-19(12-22(25)26)23(27)24-16(2)18-9-10-20(28-3)21(11-18)29-4/h5-11,16,19H,12-14H2,1-4H3,(H,24,27). The van der Waals surface area contributed by atoms with Crippen LogP contribution in [0.25, 0.3) is 0 Å². The van der Waals surface area contributed by atoms with Crippen LogP contribution < -0.4 is 14.8 Å². The van der Waals surface area contributed by atoms with Crippen molar-refractivity contribution < 1.29 is 19.1 Å². The normalized spacial score (nSPS) is 17.2. The van der Waals surface area contributed by atoms with Crippen molar-refractivity contribution in [2.24, 2.45) is 5.92 Å². The Morgan fingerprint density at radius 3 is 2.48 bits per heavy atom. The molecule has 154 valence electrons. The summed E-state index contributed by atoms with van der Waals surface area (Å²) in [5, 5.41) is 3.03. The van der Waals surface area contributed by atoms with E-state index >= 15 is 0 Å². The molecule has 0 bridgehead atoms. The van der Waals surface area contributed by atoms with Gasteiger partial charge in [-0.25, -0.2) is 0 Å². The molecule has 6 heteroatoms. The number of aryl methyl sites for hydroxylation is 1. The zero-order valence-electron chi connectivity index (χ0n) is 17.4. The van der Waals surface area contributed by atoms with Gasteiger partial charge in [-0.2, -0.15) is 0 Å². The van der Waals surface area contributed by atoms with E-state index in [1.165, 1.54) is 5.56 Å². The van der Waals surface area contributed by atoms with Crippen LogP contribution in [0.15, 0.2) is 42.5 Å². The lowest BCUT2D eigenvalue weighted by Gasteiger charge is -2.19. The second-order valence-corrected chi connectivity index (χ2v) is 7.51. The third kappa shape index (κ3) is 4.88. The molecule has 2 atom stereocenters. The number of carbonyl (C=O) groups is 2. The van der Waals surface area contributed by atoms with E-state index in [0.717, 1.165) is 11.1 Å². The topological polar surface area (TPSA) is 67.9 Å². The van der Waals surface area contributed by atoms with E-state index in [-0.39, 0.29) is 30.2 Å². The summed E-state index contributed by atoms with van der Waals surface area (Å²) in [6.07, 6.45) is 0.246. The Kier molecular flexibility index (Phi) is 6.42. The van der Waals surface area contributed by atoms with E-state index < -0.39 is 0 Å². The van der Waals surface area contributed by atoms with Crippen LogP contribution in [0.4, 0.5) is 0 Å². The minimum absolute atomic E-state index is 0.0181. The second kappa shape index (κ2) is 8.99. The molecular weight excluding hydrogens is 368 g/mol. The highest BCUT2D eigenvalue weighted by Crippen LogP contribution is 2.30. The predicted molar refractivity (Wildman–Crippen MR) is 111 cm³/mol. The van der Waals surface area contributed by atoms with Crippen LogP contribution in [0.3, 0.4) is 0 Å². The molecular formula is C23H28N2O4. The number of benzene rings is 2. The third-order valence-corrected chi connectivity index (χ3v) is 5.35. The van der Waals surface area contributed by atoms with Crippen molar-refractivity contribution >= 4 is 11.8 Å². The van der Waals surface area contributed by atoms with Gasteiger partial charge in [0.15, 0.2) is 11.5 Å². The first-order valence-corrected chi connectivity index (χ1v) is 9.77. The lowest BCUT2D eigenvalue weighted by Crippen LogP contribution is -2.34. The molecule has 1 fully saturated rings. The number of hydrogen-bond acceptors (Lipinski definition) is 4. The average molecular weight is 396 g/mol. The van der Waals surface area contributed by atoms with Gasteiger partial charge >= 0.3 is 0 Å². The molecule has 29 heavy (non-hydrogen) atoms. The Morgan fingerprint density at radius 2 is 1.83 bits per heavy atom. The fourth-order valence-electron chi connectivity index (χ4n) is 3.55. The molecule has 2 amide bonds. The minimum Gasteiger partial charge on any atom is -0.493 e. The molecule has 0 saturated carbocycles. The second-order valence-electron chi connectivity index (χ2n) is 7.51. The number of ether oxygens (including phenoxy) is 2. The van der Waals surface area contributed by atoms with Crippen LogP contribution in [0, 0.1) is 12.8 Å². The first kappa shape index (κ1) is 20.7. The maximum atomic E-state index is 12.7. The van der Waals surface area contributed by atoms with Crippen LogP contribution in [0.2, 0.25) is 0 Å². The Balaban J connectivity index is 1.60. The first-order valence-electron chi connectivity index (χ1n) is 9.77. The molecule has 1 heterocycles. The maximum absolute atomic E-state index is 12.7. The molecule has 1 aliphatic heterocycles. The molecule has 6 nitrogen and oxygen atoms in total. The van der Waals surface area contributed by atoms with Gasteiger partial charge in [-0.3, -0.25) is 9.59 Å². The van der Waals surface area contributed by atoms with E-state index in [1.54, 1.807) is 19.1 Å². The molecule has 2 aromatic rings. The van der Waals surface area contributed by atoms with Crippen molar-refractivity contribution in [1.29, 1.82) is 0 Å². The van der Waals surface area contributed by atoms with Crippen molar-refractivity contribution in [2.75, 3.05) is 20.8 Å². The summed E-state index contributed by atoms with van der Waals surface area (Å²) in [6.45, 7) is 4.93. The minimum atomic E-state index is -0.337. The highest BCUT2D eigenvalue weighted by atomic mass is 16.5. The highest BCUT2D eigenvalue weighted by molar-refractivity contribution is 5.89. The molecule has 1 aliphatic rings. The van der Waals surface area contributed by atoms with Gasteiger partial charge < -0.3 is 19.7 Å². The van der Waals surface area contributed by atoms with E-state index in [1.807, 2.05) is 56.3 Å². The maximum Gasteiger partial charge on any atom is 0.225 e. The third-order valence-electron chi connectivity index (χ3n) is 5.35. The lowest BCUT2D eigenvalue weighted by molar-refractivity contribution is -0.129. The number of methoxy groups -OCH3 is 2. The van der Waals surface area contributed by atoms with Crippen molar-refractivity contribution in [3.63, 3.8) is 0 Å². The zero-order valence-corrected chi connectivity index (χ0v) is 17.4. The number of hydrogen-bond donors (Lipinski definition) is 1. The van der Waals surface area contributed by atoms with Crippen LogP contribution in [-0.2, 0) is 16.1 Å². The smallest absolute Gasteiger partial charge is 0.225 e. The van der Waals surface area contributed by atoms with Gasteiger partial charge in [0.1, 0.15) is 0 Å². The van der Waals surface area contributed by atoms with Crippen molar-refractivity contribution in [3.05, 3.63) is 59.2 Å². The van der Waals surface area contributed by atoms with Crippen LogP contribution in [0.1, 0.15) is 36.1 Å². The molecule has 2 aromatic carbocycles. The largest absolute Gasteiger partial charge is 0.493 e. The summed E-state index contributed by atoms with van der Waals surface area (Å²) in [6, 6.07) is 13.5. The van der Waals surface area contributed by atoms with E-state index in [9.17, 15) is 9.59 Å². The molecule has 0 radical (unpaired) electrons. The summed E-state index contributed by atoms with van der Waals surface area (Å²) in [7, 11) is 3.17. The van der Waals surface area contributed by atoms with Crippen molar-refractivity contribution in [3.8, 4) is 11.5 Å². The van der Waals surface area contributed by atoms with Crippen LogP contribution in [-0.4, -0.2) is 37.5 Å². The zero-order chi connectivity index (χ0) is 21.0. The molecule has 1 N–H and O–H groups in total. The van der Waals surface area contributed by atoms with Gasteiger partial charge in [0.2, 0.25) is 11.8 Å². The summed E-state index contributed by atoms with van der Waals surface area (Å²) < 4.78 is 10.6. The Labute approximate surface area is 171 Å². The van der Waals surface area contributed by atoms with Gasteiger partial charge in [-0.05, 0) is 37.1 Å². The monoisotopic (exact) mass is 396 g/mol. The fourth-order valence-corrected chi connectivity index (χ4v) is 3.55. The summed E-state index contributed by atoms with van der Waals surface area (Å²) in [4.78, 5) is 26.9. The number of carbonyl (C=O) groups excluding carboxylic acids is 2. The molecule has 0 spiro atoms. The van der Waals surface area contributed by atoms with Crippen molar-refractivity contribution in [1.82, 2.24) is 10.2 Å². The number of nitrogens with zero attached hydrogens (tertiary/aromatic N) is 1. The predicted octanol–water partition coefficient (Wildman–Crippen LogP) is 3.24. The lowest BCUT2D eigenvalue weighted by atomic mass is 10.0. The van der Waals surface area contributed by atoms with E-state index in [2.05, 4.69) is 5.32 Å².